The van der Waals surface area contributed by atoms with Gasteiger partial charge in [0.2, 0.25) is 5.91 Å². The number of H-pyrrole nitrogens is 1. The average Bonchev–Trinajstić information content (AvgIpc) is 3.31. The number of carbonyl (C=O) groups is 1. The summed E-state index contributed by atoms with van der Waals surface area (Å²) in [4.78, 5) is 26.0. The lowest BCUT2D eigenvalue weighted by molar-refractivity contribution is -0.131. The van der Waals surface area contributed by atoms with E-state index in [0.717, 1.165) is 51.3 Å². The number of benzene rings is 1. The van der Waals surface area contributed by atoms with Gasteiger partial charge < -0.3 is 19.9 Å². The molecule has 0 radical (unpaired) electrons. The van der Waals surface area contributed by atoms with Gasteiger partial charge in [0.1, 0.15) is 0 Å². The van der Waals surface area contributed by atoms with Crippen molar-refractivity contribution in [3.05, 3.63) is 60.2 Å². The molecule has 1 aromatic carbocycles. The minimum Gasteiger partial charge on any atom is -0.390 e. The highest BCUT2D eigenvalue weighted by Crippen LogP contribution is 2.19. The number of β-amino-alcohol motifs (C(OH)–C–C–N with tert-alkyl or cyclic N) is 1. The van der Waals surface area contributed by atoms with Crippen molar-refractivity contribution in [1.29, 1.82) is 0 Å². The Morgan fingerprint density at radius 3 is 2.67 bits per heavy atom. The first-order chi connectivity index (χ1) is 14.7. The van der Waals surface area contributed by atoms with E-state index in [9.17, 15) is 9.90 Å². The molecule has 0 bridgehead atoms. The lowest BCUT2D eigenvalue weighted by atomic mass is 9.99. The van der Waals surface area contributed by atoms with Crippen LogP contribution in [0.25, 0.3) is 6.08 Å². The molecule has 0 aliphatic carbocycles. The van der Waals surface area contributed by atoms with Crippen LogP contribution < -0.4 is 0 Å². The number of carbonyl (C=O) groups excluding carboxylic acids is 1. The molecule has 2 atom stereocenters. The fraction of sp³-hybridized carbons (Fsp3) is 0.478. The molecule has 7 heteroatoms. The Hall–Kier alpha value is -2.48. The number of hydrogen-bond donors (Lipinski definition) is 2. The lowest BCUT2D eigenvalue weighted by Gasteiger charge is -2.45. The molecule has 7 nitrogen and oxygen atoms in total. The molecule has 30 heavy (non-hydrogen) atoms. The number of hydrogen-bond acceptors (Lipinski definition) is 5. The fourth-order valence-electron chi connectivity index (χ4n) is 4.42. The summed E-state index contributed by atoms with van der Waals surface area (Å²) in [5.41, 5.74) is 2.18. The van der Waals surface area contributed by atoms with E-state index in [1.807, 2.05) is 0 Å². The van der Waals surface area contributed by atoms with Gasteiger partial charge in [-0.3, -0.25) is 9.69 Å². The topological polar surface area (TPSA) is 75.7 Å². The first-order valence-electron chi connectivity index (χ1n) is 10.8. The van der Waals surface area contributed by atoms with Crippen molar-refractivity contribution in [2.75, 3.05) is 45.8 Å². The van der Waals surface area contributed by atoms with Crippen LogP contribution in [-0.2, 0) is 11.2 Å². The van der Waals surface area contributed by atoms with Crippen LogP contribution >= 0.6 is 0 Å². The van der Waals surface area contributed by atoms with E-state index in [1.165, 1.54) is 5.56 Å². The predicted molar refractivity (Wildman–Crippen MR) is 117 cm³/mol. The second-order valence-electron chi connectivity index (χ2n) is 8.16. The van der Waals surface area contributed by atoms with Crippen molar-refractivity contribution in [1.82, 2.24) is 24.7 Å². The lowest BCUT2D eigenvalue weighted by Crippen LogP contribution is -2.59. The zero-order chi connectivity index (χ0) is 20.8. The molecule has 1 aromatic heterocycles. The second kappa shape index (κ2) is 10.0. The van der Waals surface area contributed by atoms with E-state index in [-0.39, 0.29) is 11.9 Å². The van der Waals surface area contributed by atoms with Crippen LogP contribution in [-0.4, -0.2) is 93.6 Å². The summed E-state index contributed by atoms with van der Waals surface area (Å²) >= 11 is 0. The number of nitrogens with zero attached hydrogens (tertiary/aromatic N) is 4. The van der Waals surface area contributed by atoms with Crippen molar-refractivity contribution in [2.45, 2.75) is 25.0 Å². The summed E-state index contributed by atoms with van der Waals surface area (Å²) in [6, 6.07) is 10.8. The largest absolute Gasteiger partial charge is 0.390 e. The Labute approximate surface area is 178 Å². The minimum absolute atomic E-state index is 0.0622. The number of rotatable bonds is 6. The summed E-state index contributed by atoms with van der Waals surface area (Å²) in [5.74, 6) is -0.0622. The van der Waals surface area contributed by atoms with Crippen molar-refractivity contribution in [2.24, 2.45) is 0 Å². The molecular weight excluding hydrogens is 378 g/mol. The molecule has 4 rings (SSSR count). The van der Waals surface area contributed by atoms with Crippen LogP contribution in [0, 0.1) is 0 Å². The maximum absolute atomic E-state index is 12.4. The number of nitrogens with one attached hydrogen (secondary N) is 1. The fourth-order valence-corrected chi connectivity index (χ4v) is 4.42. The van der Waals surface area contributed by atoms with E-state index in [4.69, 9.17) is 0 Å². The molecule has 160 valence electrons. The summed E-state index contributed by atoms with van der Waals surface area (Å²) in [5, 5.41) is 10.7. The van der Waals surface area contributed by atoms with E-state index in [2.05, 4.69) is 50.1 Å². The normalized spacial score (nSPS) is 23.8. The monoisotopic (exact) mass is 409 g/mol. The van der Waals surface area contributed by atoms with Gasteiger partial charge in [0.25, 0.3) is 0 Å². The average molecular weight is 410 g/mol. The molecule has 3 heterocycles. The number of likely N-dealkylation sites (tertiary alicyclic amines) is 1. The summed E-state index contributed by atoms with van der Waals surface area (Å²) in [6.07, 6.45) is 7.92. The molecule has 2 fully saturated rings. The van der Waals surface area contributed by atoms with Crippen molar-refractivity contribution in [3.63, 3.8) is 0 Å². The maximum atomic E-state index is 12.4. The highest BCUT2D eigenvalue weighted by Gasteiger charge is 2.34. The first kappa shape index (κ1) is 20.8. The Morgan fingerprint density at radius 2 is 1.97 bits per heavy atom. The maximum Gasteiger partial charge on any atom is 0.246 e. The molecule has 2 aliphatic heterocycles. The van der Waals surface area contributed by atoms with E-state index in [0.29, 0.717) is 13.1 Å². The molecule has 2 saturated heterocycles. The molecule has 0 saturated carbocycles. The molecule has 2 N–H and O–H groups in total. The molecule has 2 aromatic rings. The SMILES string of the molecule is O=C(C=Cc1cnc[nH]1)N1CC[C@@H](N2CCN(CCc3ccccc3)CC2)[C@H](O)C1. The smallest absolute Gasteiger partial charge is 0.246 e. The third-order valence-corrected chi connectivity index (χ3v) is 6.22. The number of aromatic amines is 1. The van der Waals surface area contributed by atoms with Crippen LogP contribution in [0.2, 0.25) is 0 Å². The van der Waals surface area contributed by atoms with Gasteiger partial charge in [-0.2, -0.15) is 0 Å². The van der Waals surface area contributed by atoms with Crippen LogP contribution in [0.5, 0.6) is 0 Å². The van der Waals surface area contributed by atoms with Gasteiger partial charge in [0.05, 0.1) is 24.3 Å². The summed E-state index contributed by atoms with van der Waals surface area (Å²) in [6.45, 7) is 6.18. The molecule has 2 aliphatic rings. The van der Waals surface area contributed by atoms with Gasteiger partial charge >= 0.3 is 0 Å². The molecule has 1 amide bonds. The summed E-state index contributed by atoms with van der Waals surface area (Å²) < 4.78 is 0. The summed E-state index contributed by atoms with van der Waals surface area (Å²) in [7, 11) is 0. The van der Waals surface area contributed by atoms with Gasteiger partial charge in [-0.25, -0.2) is 4.98 Å². The third kappa shape index (κ3) is 5.36. The zero-order valence-corrected chi connectivity index (χ0v) is 17.4. The molecular formula is C23H31N5O2. The quantitative estimate of drug-likeness (QED) is 0.703. The number of aliphatic hydroxyl groups excluding tert-OH is 1. The van der Waals surface area contributed by atoms with Gasteiger partial charge in [-0.15, -0.1) is 0 Å². The van der Waals surface area contributed by atoms with E-state index < -0.39 is 6.10 Å². The number of aromatic nitrogens is 2. The Kier molecular flexibility index (Phi) is 6.94. The Balaban J connectivity index is 1.21. The highest BCUT2D eigenvalue weighted by molar-refractivity contribution is 5.91. The van der Waals surface area contributed by atoms with Crippen LogP contribution in [0.15, 0.2) is 48.9 Å². The Bertz CT molecular complexity index is 815. The van der Waals surface area contributed by atoms with E-state index in [1.54, 1.807) is 29.6 Å². The van der Waals surface area contributed by atoms with Crippen LogP contribution in [0.3, 0.4) is 0 Å². The first-order valence-corrected chi connectivity index (χ1v) is 10.8. The standard InChI is InChI=1S/C23H31N5O2/c29-22-17-28(23(30)7-6-20-16-24-18-25-20)11-9-21(22)27-14-12-26(13-15-27)10-8-19-4-2-1-3-5-19/h1-7,16,18,21-22,29H,8-15,17H2,(H,24,25)/t21-,22-/m1/s1. The van der Waals surface area contributed by atoms with Gasteiger partial charge in [0, 0.05) is 57.9 Å². The second-order valence-corrected chi connectivity index (χ2v) is 8.16. The van der Waals surface area contributed by atoms with Crippen LogP contribution in [0.4, 0.5) is 0 Å². The van der Waals surface area contributed by atoms with Crippen molar-refractivity contribution in [3.8, 4) is 0 Å². The third-order valence-electron chi connectivity index (χ3n) is 6.22. The minimum atomic E-state index is -0.501. The Morgan fingerprint density at radius 1 is 1.17 bits per heavy atom. The van der Waals surface area contributed by atoms with Gasteiger partial charge in [-0.1, -0.05) is 30.3 Å². The van der Waals surface area contributed by atoms with Crippen molar-refractivity contribution < 1.29 is 9.90 Å². The molecule has 0 unspecified atom stereocenters. The van der Waals surface area contributed by atoms with E-state index >= 15 is 0 Å². The zero-order valence-electron chi connectivity index (χ0n) is 17.4. The van der Waals surface area contributed by atoms with Gasteiger partial charge in [0.15, 0.2) is 0 Å². The predicted octanol–water partition coefficient (Wildman–Crippen LogP) is 1.24. The van der Waals surface area contributed by atoms with Crippen molar-refractivity contribution >= 4 is 12.0 Å². The number of piperidine rings is 1. The number of imidazole rings is 1. The molecule has 0 spiro atoms. The van der Waals surface area contributed by atoms with Crippen LogP contribution in [0.1, 0.15) is 17.7 Å². The number of amides is 1. The highest BCUT2D eigenvalue weighted by atomic mass is 16.3. The van der Waals surface area contributed by atoms with Gasteiger partial charge in [-0.05, 0) is 24.5 Å². The number of aliphatic hydroxyl groups is 1. The number of piperazine rings is 1.